The van der Waals surface area contributed by atoms with Crippen molar-refractivity contribution in [2.24, 2.45) is 0 Å². The van der Waals surface area contributed by atoms with Gasteiger partial charge in [-0.2, -0.15) is 0 Å². The number of benzene rings is 2. The van der Waals surface area contributed by atoms with Crippen molar-refractivity contribution in [3.63, 3.8) is 0 Å². The van der Waals surface area contributed by atoms with Gasteiger partial charge < -0.3 is 9.15 Å². The molecule has 3 rings (SSSR count). The molecular weight excluding hydrogens is 276 g/mol. The van der Waals surface area contributed by atoms with E-state index in [1.807, 2.05) is 68.4 Å². The van der Waals surface area contributed by atoms with E-state index >= 15 is 0 Å². The molecule has 0 aliphatic rings. The second-order valence-electron chi connectivity index (χ2n) is 5.14. The van der Waals surface area contributed by atoms with E-state index in [0.717, 1.165) is 17.7 Å². The summed E-state index contributed by atoms with van der Waals surface area (Å²) < 4.78 is 11.7. The largest absolute Gasteiger partial charge is 0.481 e. The van der Waals surface area contributed by atoms with Crippen molar-refractivity contribution < 1.29 is 9.15 Å². The van der Waals surface area contributed by atoms with Crippen molar-refractivity contribution in [2.75, 3.05) is 0 Å². The summed E-state index contributed by atoms with van der Waals surface area (Å²) in [6, 6.07) is 17.7. The quantitative estimate of drug-likeness (QED) is 0.691. The summed E-state index contributed by atoms with van der Waals surface area (Å²) in [6.07, 6.45) is 0.513. The van der Waals surface area contributed by atoms with E-state index in [9.17, 15) is 0 Å². The molecule has 112 valence electrons. The van der Waals surface area contributed by atoms with Crippen molar-refractivity contribution in [1.82, 2.24) is 10.2 Å². The molecule has 1 unspecified atom stereocenters. The van der Waals surface area contributed by atoms with E-state index in [2.05, 4.69) is 10.2 Å². The summed E-state index contributed by atoms with van der Waals surface area (Å²) in [7, 11) is 0. The number of hydrogen-bond donors (Lipinski definition) is 0. The average molecular weight is 294 g/mol. The van der Waals surface area contributed by atoms with Crippen LogP contribution in [0.2, 0.25) is 0 Å². The Balaban J connectivity index is 1.80. The van der Waals surface area contributed by atoms with Crippen LogP contribution in [-0.4, -0.2) is 10.2 Å². The van der Waals surface area contributed by atoms with Gasteiger partial charge in [0.25, 0.3) is 5.89 Å². The zero-order chi connectivity index (χ0) is 15.4. The Labute approximate surface area is 129 Å². The third-order valence-electron chi connectivity index (χ3n) is 3.41. The molecular formula is C18H18N2O2. The average Bonchev–Trinajstić information content (AvgIpc) is 3.04. The van der Waals surface area contributed by atoms with Gasteiger partial charge in [0.2, 0.25) is 5.89 Å². The van der Waals surface area contributed by atoms with Crippen LogP contribution >= 0.6 is 0 Å². The number of para-hydroxylation sites is 1. The van der Waals surface area contributed by atoms with Gasteiger partial charge >= 0.3 is 0 Å². The third-order valence-corrected chi connectivity index (χ3v) is 3.41. The molecule has 4 nitrogen and oxygen atoms in total. The van der Waals surface area contributed by atoms with E-state index < -0.39 is 0 Å². The summed E-state index contributed by atoms with van der Waals surface area (Å²) >= 11 is 0. The fourth-order valence-electron chi connectivity index (χ4n) is 2.15. The van der Waals surface area contributed by atoms with E-state index in [4.69, 9.17) is 9.15 Å². The molecule has 0 aliphatic carbocycles. The molecule has 0 saturated carbocycles. The van der Waals surface area contributed by atoms with Crippen molar-refractivity contribution in [1.29, 1.82) is 0 Å². The van der Waals surface area contributed by atoms with E-state index in [1.165, 1.54) is 5.56 Å². The first kappa shape index (κ1) is 14.3. The maximum absolute atomic E-state index is 5.92. The van der Waals surface area contributed by atoms with Gasteiger partial charge in [-0.25, -0.2) is 0 Å². The second-order valence-corrected chi connectivity index (χ2v) is 5.14. The highest BCUT2D eigenvalue weighted by molar-refractivity contribution is 5.52. The van der Waals surface area contributed by atoms with Crippen molar-refractivity contribution in [3.8, 4) is 17.2 Å². The Morgan fingerprint density at radius 3 is 2.41 bits per heavy atom. The number of aryl methyl sites for hydroxylation is 1. The topological polar surface area (TPSA) is 48.2 Å². The Kier molecular flexibility index (Phi) is 4.19. The van der Waals surface area contributed by atoms with Gasteiger partial charge in [-0.05, 0) is 37.6 Å². The molecule has 0 radical (unpaired) electrons. The van der Waals surface area contributed by atoms with Crippen LogP contribution in [0.1, 0.15) is 30.9 Å². The zero-order valence-electron chi connectivity index (χ0n) is 12.7. The summed E-state index contributed by atoms with van der Waals surface area (Å²) in [5.74, 6) is 1.82. The number of ether oxygens (including phenoxy) is 1. The second kappa shape index (κ2) is 6.43. The first-order chi connectivity index (χ1) is 10.8. The van der Waals surface area contributed by atoms with Crippen LogP contribution in [0.3, 0.4) is 0 Å². The van der Waals surface area contributed by atoms with Crippen molar-refractivity contribution >= 4 is 0 Å². The van der Waals surface area contributed by atoms with Crippen LogP contribution in [0.15, 0.2) is 59.0 Å². The predicted molar refractivity (Wildman–Crippen MR) is 84.6 cm³/mol. The summed E-state index contributed by atoms with van der Waals surface area (Å²) in [5, 5.41) is 8.27. The van der Waals surface area contributed by atoms with Crippen LogP contribution in [0, 0.1) is 6.92 Å². The minimum absolute atomic E-state index is 0.242. The molecule has 0 amide bonds. The monoisotopic (exact) mass is 294 g/mol. The maximum atomic E-state index is 5.92. The van der Waals surface area contributed by atoms with Crippen LogP contribution in [0.4, 0.5) is 0 Å². The Hall–Kier alpha value is -2.62. The van der Waals surface area contributed by atoms with Gasteiger partial charge in [-0.1, -0.05) is 42.8 Å². The van der Waals surface area contributed by atoms with Crippen molar-refractivity contribution in [3.05, 3.63) is 66.1 Å². The van der Waals surface area contributed by atoms with Gasteiger partial charge in [-0.15, -0.1) is 10.2 Å². The highest BCUT2D eigenvalue weighted by Gasteiger charge is 2.19. The molecule has 4 heteroatoms. The Morgan fingerprint density at radius 2 is 1.73 bits per heavy atom. The molecule has 3 aromatic rings. The summed E-state index contributed by atoms with van der Waals surface area (Å²) in [5.41, 5.74) is 2.11. The normalized spacial score (nSPS) is 12.1. The third kappa shape index (κ3) is 3.17. The number of hydrogen-bond acceptors (Lipinski definition) is 4. The molecule has 0 fully saturated rings. The fraction of sp³-hybridized carbons (Fsp3) is 0.222. The van der Waals surface area contributed by atoms with Gasteiger partial charge in [-0.3, -0.25) is 0 Å². The number of rotatable bonds is 5. The molecule has 2 aromatic carbocycles. The number of nitrogens with zero attached hydrogens (tertiary/aromatic N) is 2. The van der Waals surface area contributed by atoms with Gasteiger partial charge in [0.1, 0.15) is 5.75 Å². The highest BCUT2D eigenvalue weighted by atomic mass is 16.5. The highest BCUT2D eigenvalue weighted by Crippen LogP contribution is 2.26. The zero-order valence-corrected chi connectivity index (χ0v) is 12.7. The first-order valence-electron chi connectivity index (χ1n) is 7.38. The van der Waals surface area contributed by atoms with Gasteiger partial charge in [0.05, 0.1) is 0 Å². The molecule has 0 bridgehead atoms. The standard InChI is InChI=1S/C18H18N2O2/c1-3-16(21-15-7-5-4-6-8-15)18-20-19-17(22-18)14-11-9-13(2)10-12-14/h4-12,16H,3H2,1-2H3. The van der Waals surface area contributed by atoms with E-state index in [1.54, 1.807) is 0 Å². The molecule has 0 saturated heterocycles. The van der Waals surface area contributed by atoms with Gasteiger partial charge in [0, 0.05) is 5.56 Å². The smallest absolute Gasteiger partial charge is 0.257 e. The minimum Gasteiger partial charge on any atom is -0.481 e. The van der Waals surface area contributed by atoms with Gasteiger partial charge in [0.15, 0.2) is 6.10 Å². The van der Waals surface area contributed by atoms with Crippen LogP contribution < -0.4 is 4.74 Å². The lowest BCUT2D eigenvalue weighted by atomic mass is 10.1. The molecule has 0 spiro atoms. The summed E-state index contributed by atoms with van der Waals surface area (Å²) in [4.78, 5) is 0. The lowest BCUT2D eigenvalue weighted by Crippen LogP contribution is -2.06. The predicted octanol–water partition coefficient (Wildman–Crippen LogP) is 4.58. The SMILES string of the molecule is CCC(Oc1ccccc1)c1nnc(-c2ccc(C)cc2)o1. The van der Waals surface area contributed by atoms with Crippen LogP contribution in [-0.2, 0) is 0 Å². The lowest BCUT2D eigenvalue weighted by molar-refractivity contribution is 0.166. The molecule has 1 heterocycles. The molecule has 0 aliphatic heterocycles. The van der Waals surface area contributed by atoms with Crippen molar-refractivity contribution in [2.45, 2.75) is 26.4 Å². The Bertz CT molecular complexity index is 720. The molecule has 1 atom stereocenters. The fourth-order valence-corrected chi connectivity index (χ4v) is 2.15. The Morgan fingerprint density at radius 1 is 1.00 bits per heavy atom. The lowest BCUT2D eigenvalue weighted by Gasteiger charge is -2.13. The molecule has 1 aromatic heterocycles. The van der Waals surface area contributed by atoms with Crippen LogP contribution in [0.5, 0.6) is 5.75 Å². The first-order valence-corrected chi connectivity index (χ1v) is 7.38. The maximum Gasteiger partial charge on any atom is 0.257 e. The minimum atomic E-state index is -0.242. The van der Waals surface area contributed by atoms with E-state index in [0.29, 0.717) is 11.8 Å². The van der Waals surface area contributed by atoms with E-state index in [-0.39, 0.29) is 6.10 Å². The summed E-state index contributed by atoms with van der Waals surface area (Å²) in [6.45, 7) is 4.08. The van der Waals surface area contributed by atoms with Crippen LogP contribution in [0.25, 0.3) is 11.5 Å². The molecule has 0 N–H and O–H groups in total. The number of aromatic nitrogens is 2. The molecule has 22 heavy (non-hydrogen) atoms.